The maximum Gasteiger partial charge on any atom is 0.236 e. The summed E-state index contributed by atoms with van der Waals surface area (Å²) in [5.74, 6) is 0.116. The van der Waals surface area contributed by atoms with Crippen LogP contribution in [-0.4, -0.2) is 34.4 Å². The zero-order chi connectivity index (χ0) is 14.5. The first-order valence-corrected chi connectivity index (χ1v) is 7.32. The van der Waals surface area contributed by atoms with E-state index in [0.717, 1.165) is 32.2 Å². The summed E-state index contributed by atoms with van der Waals surface area (Å²) in [6.07, 6.45) is 5.31. The molecule has 5 heteroatoms. The lowest BCUT2D eigenvalue weighted by Gasteiger charge is -2.44. The average molecular weight is 269 g/mol. The van der Waals surface area contributed by atoms with Crippen LogP contribution in [0.3, 0.4) is 0 Å². The van der Waals surface area contributed by atoms with Gasteiger partial charge in [0.25, 0.3) is 0 Å². The SMILES string of the molecule is CCCCN(C(=O)C1(C(N)=NO)CCC1)C(C)CC. The van der Waals surface area contributed by atoms with Crippen LogP contribution in [0.2, 0.25) is 0 Å². The number of hydrogen-bond acceptors (Lipinski definition) is 3. The Kier molecular flexibility index (Phi) is 5.63. The van der Waals surface area contributed by atoms with Crippen LogP contribution in [0, 0.1) is 5.41 Å². The number of carbonyl (C=O) groups excluding carboxylic acids is 1. The summed E-state index contributed by atoms with van der Waals surface area (Å²) < 4.78 is 0. The Morgan fingerprint density at radius 2 is 2.11 bits per heavy atom. The topological polar surface area (TPSA) is 78.9 Å². The van der Waals surface area contributed by atoms with Gasteiger partial charge < -0.3 is 15.8 Å². The lowest BCUT2D eigenvalue weighted by Crippen LogP contribution is -2.57. The molecule has 0 aromatic heterocycles. The van der Waals surface area contributed by atoms with Gasteiger partial charge in [0.05, 0.1) is 0 Å². The molecule has 3 N–H and O–H groups in total. The number of amides is 1. The maximum atomic E-state index is 12.8. The Hall–Kier alpha value is -1.26. The fourth-order valence-corrected chi connectivity index (χ4v) is 2.55. The molecule has 1 fully saturated rings. The third kappa shape index (κ3) is 3.01. The zero-order valence-electron chi connectivity index (χ0n) is 12.4. The fraction of sp³-hybridized carbons (Fsp3) is 0.857. The van der Waals surface area contributed by atoms with Crippen LogP contribution < -0.4 is 5.73 Å². The summed E-state index contributed by atoms with van der Waals surface area (Å²) in [5, 5.41) is 12.0. The quantitative estimate of drug-likeness (QED) is 0.322. The van der Waals surface area contributed by atoms with E-state index in [-0.39, 0.29) is 17.8 Å². The molecule has 5 nitrogen and oxygen atoms in total. The summed E-state index contributed by atoms with van der Waals surface area (Å²) in [4.78, 5) is 14.7. The van der Waals surface area contributed by atoms with Crippen molar-refractivity contribution in [1.82, 2.24) is 4.90 Å². The van der Waals surface area contributed by atoms with Crippen LogP contribution in [0.1, 0.15) is 59.3 Å². The minimum atomic E-state index is -0.744. The van der Waals surface area contributed by atoms with Gasteiger partial charge in [-0.3, -0.25) is 4.79 Å². The number of unbranched alkanes of at least 4 members (excludes halogenated alkanes) is 1. The zero-order valence-corrected chi connectivity index (χ0v) is 12.4. The third-order valence-electron chi connectivity index (χ3n) is 4.35. The second-order valence-electron chi connectivity index (χ2n) is 5.53. The first-order chi connectivity index (χ1) is 9.03. The predicted molar refractivity (Wildman–Crippen MR) is 76.1 cm³/mol. The second-order valence-corrected chi connectivity index (χ2v) is 5.53. The van der Waals surface area contributed by atoms with Crippen molar-refractivity contribution in [2.24, 2.45) is 16.3 Å². The Bertz CT molecular complexity index is 338. The third-order valence-corrected chi connectivity index (χ3v) is 4.35. The van der Waals surface area contributed by atoms with Gasteiger partial charge in [0, 0.05) is 12.6 Å². The van der Waals surface area contributed by atoms with Gasteiger partial charge >= 0.3 is 0 Å². The number of amidine groups is 1. The molecule has 1 amide bonds. The Balaban J connectivity index is 2.91. The lowest BCUT2D eigenvalue weighted by molar-refractivity contribution is -0.144. The van der Waals surface area contributed by atoms with Crippen molar-refractivity contribution in [2.45, 2.75) is 65.3 Å². The molecule has 0 aromatic rings. The monoisotopic (exact) mass is 269 g/mol. The summed E-state index contributed by atoms with van der Waals surface area (Å²) in [5.41, 5.74) is 5.03. The van der Waals surface area contributed by atoms with Gasteiger partial charge in [-0.15, -0.1) is 0 Å². The van der Waals surface area contributed by atoms with Crippen LogP contribution in [-0.2, 0) is 4.79 Å². The van der Waals surface area contributed by atoms with E-state index in [1.807, 2.05) is 4.90 Å². The molecule has 1 aliphatic carbocycles. The number of rotatable bonds is 7. The summed E-state index contributed by atoms with van der Waals surface area (Å²) in [6, 6.07) is 0.197. The lowest BCUT2D eigenvalue weighted by atomic mass is 9.66. The fourth-order valence-electron chi connectivity index (χ4n) is 2.55. The molecule has 1 aliphatic rings. The van der Waals surface area contributed by atoms with E-state index in [2.05, 4.69) is 25.9 Å². The molecule has 0 heterocycles. The van der Waals surface area contributed by atoms with Crippen LogP contribution in [0.25, 0.3) is 0 Å². The van der Waals surface area contributed by atoms with Crippen LogP contribution in [0.5, 0.6) is 0 Å². The summed E-state index contributed by atoms with van der Waals surface area (Å²) in [7, 11) is 0. The summed E-state index contributed by atoms with van der Waals surface area (Å²) >= 11 is 0. The number of nitrogens with zero attached hydrogens (tertiary/aromatic N) is 2. The molecule has 0 bridgehead atoms. The van der Waals surface area contributed by atoms with E-state index >= 15 is 0 Å². The van der Waals surface area contributed by atoms with Crippen LogP contribution in [0.15, 0.2) is 5.16 Å². The van der Waals surface area contributed by atoms with E-state index in [1.165, 1.54) is 0 Å². The van der Waals surface area contributed by atoms with Crippen molar-refractivity contribution in [3.8, 4) is 0 Å². The summed E-state index contributed by atoms with van der Waals surface area (Å²) in [6.45, 7) is 7.01. The molecule has 0 saturated heterocycles. The molecule has 0 aromatic carbocycles. The first kappa shape index (κ1) is 15.8. The molecule has 0 spiro atoms. The van der Waals surface area contributed by atoms with Gasteiger partial charge in [0.15, 0.2) is 5.84 Å². The number of hydrogen-bond donors (Lipinski definition) is 2. The van der Waals surface area contributed by atoms with Gasteiger partial charge in [0.1, 0.15) is 5.41 Å². The largest absolute Gasteiger partial charge is 0.409 e. The van der Waals surface area contributed by atoms with E-state index < -0.39 is 5.41 Å². The first-order valence-electron chi connectivity index (χ1n) is 7.32. The standard InChI is InChI=1S/C14H27N3O2/c1-4-6-10-17(11(3)5-2)13(18)14(8-7-9-14)12(15)16-19/h11,19H,4-10H2,1-3H3,(H2,15,16). The van der Waals surface area contributed by atoms with Crippen LogP contribution in [0.4, 0.5) is 0 Å². The van der Waals surface area contributed by atoms with Crippen molar-refractivity contribution in [3.63, 3.8) is 0 Å². The van der Waals surface area contributed by atoms with E-state index in [0.29, 0.717) is 12.8 Å². The Morgan fingerprint density at radius 1 is 1.47 bits per heavy atom. The van der Waals surface area contributed by atoms with Crippen LogP contribution >= 0.6 is 0 Å². The predicted octanol–water partition coefficient (Wildman–Crippen LogP) is 2.33. The van der Waals surface area contributed by atoms with Crippen molar-refractivity contribution in [2.75, 3.05) is 6.54 Å². The highest BCUT2D eigenvalue weighted by Gasteiger charge is 2.50. The van der Waals surface area contributed by atoms with Crippen molar-refractivity contribution >= 4 is 11.7 Å². The molecule has 0 aliphatic heterocycles. The van der Waals surface area contributed by atoms with E-state index in [1.54, 1.807) is 0 Å². The van der Waals surface area contributed by atoms with E-state index in [9.17, 15) is 4.79 Å². The van der Waals surface area contributed by atoms with Crippen molar-refractivity contribution in [1.29, 1.82) is 0 Å². The Morgan fingerprint density at radius 3 is 2.47 bits per heavy atom. The number of nitrogens with two attached hydrogens (primary N) is 1. The number of oxime groups is 1. The molecule has 1 saturated carbocycles. The molecule has 1 rings (SSSR count). The highest BCUT2D eigenvalue weighted by Crippen LogP contribution is 2.43. The molecule has 19 heavy (non-hydrogen) atoms. The van der Waals surface area contributed by atoms with Gasteiger partial charge in [-0.05, 0) is 32.6 Å². The van der Waals surface area contributed by atoms with Crippen molar-refractivity contribution in [3.05, 3.63) is 0 Å². The van der Waals surface area contributed by atoms with Gasteiger partial charge in [0.2, 0.25) is 5.91 Å². The smallest absolute Gasteiger partial charge is 0.236 e. The number of carbonyl (C=O) groups is 1. The molecule has 0 radical (unpaired) electrons. The van der Waals surface area contributed by atoms with Crippen molar-refractivity contribution < 1.29 is 10.0 Å². The molecule has 1 unspecified atom stereocenters. The molecular weight excluding hydrogens is 242 g/mol. The minimum absolute atomic E-state index is 0.0388. The maximum absolute atomic E-state index is 12.8. The second kappa shape index (κ2) is 6.78. The normalized spacial score (nSPS) is 19.6. The van der Waals surface area contributed by atoms with E-state index in [4.69, 9.17) is 10.9 Å². The van der Waals surface area contributed by atoms with Gasteiger partial charge in [-0.25, -0.2) is 0 Å². The highest BCUT2D eigenvalue weighted by molar-refractivity contribution is 6.07. The van der Waals surface area contributed by atoms with Gasteiger partial charge in [-0.1, -0.05) is 31.8 Å². The average Bonchev–Trinajstić information content (AvgIpc) is 2.37. The molecule has 110 valence electrons. The minimum Gasteiger partial charge on any atom is -0.409 e. The van der Waals surface area contributed by atoms with Gasteiger partial charge in [-0.2, -0.15) is 0 Å². The molecular formula is C14H27N3O2. The highest BCUT2D eigenvalue weighted by atomic mass is 16.4. The molecule has 1 atom stereocenters. The Labute approximate surface area is 115 Å².